The van der Waals surface area contributed by atoms with Crippen LogP contribution in [0.1, 0.15) is 28.8 Å². The standard InChI is InChI=1S/C19H23N3O3/c1-15-5-2-3-6-17(15)25-14-4-7-18(23)21-12-13-22-19(24)16-8-10-20-11-9-16/h2-3,5-6,8-11H,4,7,12-14H2,1H3,(H,21,23)(H,22,24). The van der Waals surface area contributed by atoms with Crippen molar-refractivity contribution in [1.29, 1.82) is 0 Å². The average Bonchev–Trinajstić information content (AvgIpc) is 2.64. The molecule has 0 atom stereocenters. The van der Waals surface area contributed by atoms with Crippen LogP contribution in [0.5, 0.6) is 5.75 Å². The smallest absolute Gasteiger partial charge is 0.251 e. The molecule has 6 heteroatoms. The van der Waals surface area contributed by atoms with Crippen molar-refractivity contribution in [2.75, 3.05) is 19.7 Å². The minimum Gasteiger partial charge on any atom is -0.493 e. The van der Waals surface area contributed by atoms with Gasteiger partial charge in [-0.1, -0.05) is 18.2 Å². The number of para-hydroxylation sites is 1. The van der Waals surface area contributed by atoms with Crippen molar-refractivity contribution >= 4 is 11.8 Å². The summed E-state index contributed by atoms with van der Waals surface area (Å²) in [6.07, 6.45) is 4.17. The number of carbonyl (C=O) groups excluding carboxylic acids is 2. The van der Waals surface area contributed by atoms with Gasteiger partial charge >= 0.3 is 0 Å². The minimum absolute atomic E-state index is 0.0495. The van der Waals surface area contributed by atoms with E-state index in [-0.39, 0.29) is 11.8 Å². The maximum absolute atomic E-state index is 11.8. The van der Waals surface area contributed by atoms with Crippen LogP contribution < -0.4 is 15.4 Å². The molecule has 2 N–H and O–H groups in total. The van der Waals surface area contributed by atoms with Gasteiger partial charge in [0.1, 0.15) is 5.75 Å². The normalized spacial score (nSPS) is 10.1. The maximum atomic E-state index is 11.8. The van der Waals surface area contributed by atoms with Crippen LogP contribution in [0, 0.1) is 6.92 Å². The molecule has 6 nitrogen and oxygen atoms in total. The summed E-state index contributed by atoms with van der Waals surface area (Å²) in [6, 6.07) is 11.1. The number of amides is 2. The van der Waals surface area contributed by atoms with Gasteiger partial charge in [-0.25, -0.2) is 0 Å². The number of benzene rings is 1. The summed E-state index contributed by atoms with van der Waals surface area (Å²) in [5.74, 6) is 0.622. The van der Waals surface area contributed by atoms with E-state index in [1.807, 2.05) is 31.2 Å². The molecule has 25 heavy (non-hydrogen) atoms. The molecule has 132 valence electrons. The number of pyridine rings is 1. The number of aryl methyl sites for hydroxylation is 1. The lowest BCUT2D eigenvalue weighted by molar-refractivity contribution is -0.121. The number of rotatable bonds is 9. The van der Waals surface area contributed by atoms with E-state index in [1.54, 1.807) is 24.5 Å². The second-order valence-electron chi connectivity index (χ2n) is 5.56. The van der Waals surface area contributed by atoms with Gasteiger partial charge in [0.2, 0.25) is 5.91 Å². The Morgan fingerprint density at radius 1 is 1.04 bits per heavy atom. The Kier molecular flexibility index (Phi) is 7.43. The third-order valence-corrected chi connectivity index (χ3v) is 3.57. The molecule has 0 aliphatic rings. The van der Waals surface area contributed by atoms with Crippen LogP contribution in [0.3, 0.4) is 0 Å². The van der Waals surface area contributed by atoms with Crippen molar-refractivity contribution in [3.05, 3.63) is 59.9 Å². The molecule has 0 aliphatic carbocycles. The Morgan fingerprint density at radius 3 is 2.52 bits per heavy atom. The number of aromatic nitrogens is 1. The van der Waals surface area contributed by atoms with Gasteiger partial charge in [0, 0.05) is 37.5 Å². The van der Waals surface area contributed by atoms with Gasteiger partial charge in [0.25, 0.3) is 5.91 Å². The van der Waals surface area contributed by atoms with Crippen LogP contribution >= 0.6 is 0 Å². The molecule has 2 aromatic rings. The van der Waals surface area contributed by atoms with Gasteiger partial charge in [-0.05, 0) is 37.1 Å². The molecule has 1 aromatic carbocycles. The second kappa shape index (κ2) is 10.1. The fraction of sp³-hybridized carbons (Fsp3) is 0.316. The number of nitrogens with zero attached hydrogens (tertiary/aromatic N) is 1. The molecule has 1 heterocycles. The van der Waals surface area contributed by atoms with Crippen molar-refractivity contribution < 1.29 is 14.3 Å². The number of ether oxygens (including phenoxy) is 1. The zero-order chi connectivity index (χ0) is 17.9. The molecule has 0 fully saturated rings. The topological polar surface area (TPSA) is 80.3 Å². The number of nitrogens with one attached hydrogen (secondary N) is 2. The van der Waals surface area contributed by atoms with Gasteiger partial charge in [0.15, 0.2) is 0 Å². The monoisotopic (exact) mass is 341 g/mol. The zero-order valence-electron chi connectivity index (χ0n) is 14.3. The first-order valence-corrected chi connectivity index (χ1v) is 8.30. The largest absolute Gasteiger partial charge is 0.493 e. The molecule has 2 rings (SSSR count). The molecular weight excluding hydrogens is 318 g/mol. The lowest BCUT2D eigenvalue weighted by atomic mass is 10.2. The highest BCUT2D eigenvalue weighted by molar-refractivity contribution is 5.93. The van der Waals surface area contributed by atoms with Crippen LogP contribution in [-0.2, 0) is 4.79 Å². The summed E-state index contributed by atoms with van der Waals surface area (Å²) in [7, 11) is 0. The maximum Gasteiger partial charge on any atom is 0.251 e. The quantitative estimate of drug-likeness (QED) is 0.685. The highest BCUT2D eigenvalue weighted by atomic mass is 16.5. The number of carbonyl (C=O) groups is 2. The lowest BCUT2D eigenvalue weighted by Crippen LogP contribution is -2.34. The van der Waals surface area contributed by atoms with Crippen molar-refractivity contribution in [3.8, 4) is 5.75 Å². The van der Waals surface area contributed by atoms with Gasteiger partial charge in [-0.2, -0.15) is 0 Å². The van der Waals surface area contributed by atoms with Crippen molar-refractivity contribution in [1.82, 2.24) is 15.6 Å². The average molecular weight is 341 g/mol. The predicted molar refractivity (Wildman–Crippen MR) is 95.5 cm³/mol. The van der Waals surface area contributed by atoms with Crippen LogP contribution in [0.2, 0.25) is 0 Å². The SMILES string of the molecule is Cc1ccccc1OCCCC(=O)NCCNC(=O)c1ccncc1. The first-order valence-electron chi connectivity index (χ1n) is 8.30. The second-order valence-corrected chi connectivity index (χ2v) is 5.56. The van der Waals surface area contributed by atoms with Gasteiger partial charge in [0.05, 0.1) is 6.61 Å². The van der Waals surface area contributed by atoms with Crippen molar-refractivity contribution in [2.45, 2.75) is 19.8 Å². The highest BCUT2D eigenvalue weighted by Crippen LogP contribution is 2.16. The van der Waals surface area contributed by atoms with E-state index in [0.717, 1.165) is 11.3 Å². The van der Waals surface area contributed by atoms with E-state index in [2.05, 4.69) is 15.6 Å². The summed E-state index contributed by atoms with van der Waals surface area (Å²) in [6.45, 7) is 3.26. The van der Waals surface area contributed by atoms with Crippen molar-refractivity contribution in [2.24, 2.45) is 0 Å². The van der Waals surface area contributed by atoms with E-state index in [4.69, 9.17) is 4.74 Å². The first-order chi connectivity index (χ1) is 12.2. The summed E-state index contributed by atoms with van der Waals surface area (Å²) < 4.78 is 5.65. The molecule has 0 unspecified atom stereocenters. The van der Waals surface area contributed by atoms with Crippen LogP contribution in [0.25, 0.3) is 0 Å². The van der Waals surface area contributed by atoms with Gasteiger partial charge in [-0.3, -0.25) is 14.6 Å². The number of hydrogen-bond donors (Lipinski definition) is 2. The van der Waals surface area contributed by atoms with Crippen LogP contribution in [0.15, 0.2) is 48.8 Å². The van der Waals surface area contributed by atoms with Gasteiger partial charge in [-0.15, -0.1) is 0 Å². The van der Waals surface area contributed by atoms with Gasteiger partial charge < -0.3 is 15.4 Å². The molecule has 1 aromatic heterocycles. The lowest BCUT2D eigenvalue weighted by Gasteiger charge is -2.09. The molecular formula is C19H23N3O3. The molecule has 0 aliphatic heterocycles. The number of hydrogen-bond acceptors (Lipinski definition) is 4. The Labute approximate surface area is 147 Å². The first kappa shape index (κ1) is 18.4. The van der Waals surface area contributed by atoms with Crippen LogP contribution in [-0.4, -0.2) is 36.5 Å². The van der Waals surface area contributed by atoms with Crippen LogP contribution in [0.4, 0.5) is 0 Å². The summed E-state index contributed by atoms with van der Waals surface area (Å²) >= 11 is 0. The minimum atomic E-state index is -0.178. The fourth-order valence-electron chi connectivity index (χ4n) is 2.20. The highest BCUT2D eigenvalue weighted by Gasteiger charge is 2.05. The molecule has 0 saturated carbocycles. The third-order valence-electron chi connectivity index (χ3n) is 3.57. The summed E-state index contributed by atoms with van der Waals surface area (Å²) in [4.78, 5) is 27.4. The molecule has 0 radical (unpaired) electrons. The molecule has 0 bridgehead atoms. The van der Waals surface area contributed by atoms with Crippen molar-refractivity contribution in [3.63, 3.8) is 0 Å². The van der Waals surface area contributed by atoms with E-state index in [9.17, 15) is 9.59 Å². The molecule has 0 saturated heterocycles. The van der Waals surface area contributed by atoms with E-state index < -0.39 is 0 Å². The Hall–Kier alpha value is -2.89. The van der Waals surface area contributed by atoms with E-state index in [0.29, 0.717) is 38.1 Å². The van der Waals surface area contributed by atoms with E-state index in [1.165, 1.54) is 0 Å². The zero-order valence-corrected chi connectivity index (χ0v) is 14.3. The third kappa shape index (κ3) is 6.63. The Bertz CT molecular complexity index is 689. The molecule has 2 amide bonds. The Morgan fingerprint density at radius 2 is 1.76 bits per heavy atom. The summed E-state index contributed by atoms with van der Waals surface area (Å²) in [5.41, 5.74) is 1.63. The van der Waals surface area contributed by atoms with E-state index >= 15 is 0 Å². The predicted octanol–water partition coefficient (Wildman–Crippen LogP) is 2.10. The molecule has 0 spiro atoms. The summed E-state index contributed by atoms with van der Waals surface area (Å²) in [5, 5.41) is 5.52. The fourth-order valence-corrected chi connectivity index (χ4v) is 2.20. The Balaban J connectivity index is 1.54.